The Labute approximate surface area is 175 Å². The van der Waals surface area contributed by atoms with Crippen LogP contribution >= 0.6 is 0 Å². The van der Waals surface area contributed by atoms with Crippen LogP contribution in [-0.2, 0) is 10.3 Å². The van der Waals surface area contributed by atoms with Crippen LogP contribution in [-0.4, -0.2) is 59.0 Å². The standard InChI is InChI=1S/C22H26N4O4/c1-28-17-7-5-6-16(14-17)19(27)15-26-12-9-22(29-2,10-13-26)21-24-20(25-30-21)18-8-3-4-11-23-18/h3-8,11,14,19,27H,9-10,12-13,15H2,1-2H3. The Morgan fingerprint density at radius 2 is 2.00 bits per heavy atom. The predicted molar refractivity (Wildman–Crippen MR) is 110 cm³/mol. The molecule has 1 N–H and O–H groups in total. The molecule has 1 aromatic carbocycles. The lowest BCUT2D eigenvalue weighted by Crippen LogP contribution is -2.45. The van der Waals surface area contributed by atoms with E-state index in [2.05, 4.69) is 20.0 Å². The SMILES string of the molecule is COc1cccc(C(O)CN2CCC(OC)(c3nc(-c4ccccn4)no3)CC2)c1. The number of hydrogen-bond acceptors (Lipinski definition) is 8. The number of ether oxygens (including phenoxy) is 2. The zero-order chi connectivity index (χ0) is 21.0. The lowest BCUT2D eigenvalue weighted by molar-refractivity contribution is -0.0866. The van der Waals surface area contributed by atoms with Crippen LogP contribution in [0.25, 0.3) is 11.5 Å². The number of methoxy groups -OCH3 is 2. The van der Waals surface area contributed by atoms with Crippen LogP contribution in [0.15, 0.2) is 53.2 Å². The minimum atomic E-state index is -0.628. The summed E-state index contributed by atoms with van der Waals surface area (Å²) in [6, 6.07) is 13.1. The molecule has 158 valence electrons. The number of aliphatic hydroxyl groups is 1. The highest BCUT2D eigenvalue weighted by Gasteiger charge is 2.42. The van der Waals surface area contributed by atoms with E-state index >= 15 is 0 Å². The zero-order valence-corrected chi connectivity index (χ0v) is 17.2. The van der Waals surface area contributed by atoms with Gasteiger partial charge in [0, 0.05) is 32.9 Å². The fourth-order valence-electron chi connectivity index (χ4n) is 3.81. The van der Waals surface area contributed by atoms with Crippen molar-refractivity contribution < 1.29 is 19.1 Å². The normalized spacial score (nSPS) is 17.6. The molecule has 30 heavy (non-hydrogen) atoms. The molecule has 0 saturated carbocycles. The van der Waals surface area contributed by atoms with Crippen molar-refractivity contribution in [2.45, 2.75) is 24.5 Å². The molecule has 0 bridgehead atoms. The van der Waals surface area contributed by atoms with E-state index in [-0.39, 0.29) is 0 Å². The fourth-order valence-corrected chi connectivity index (χ4v) is 3.81. The van der Waals surface area contributed by atoms with Crippen molar-refractivity contribution in [1.29, 1.82) is 0 Å². The number of aromatic nitrogens is 3. The van der Waals surface area contributed by atoms with Crippen molar-refractivity contribution in [1.82, 2.24) is 20.0 Å². The number of aliphatic hydroxyl groups excluding tert-OH is 1. The second-order valence-corrected chi connectivity index (χ2v) is 7.43. The van der Waals surface area contributed by atoms with E-state index in [0.717, 1.165) is 24.4 Å². The van der Waals surface area contributed by atoms with Crippen molar-refractivity contribution >= 4 is 0 Å². The maximum atomic E-state index is 10.7. The summed E-state index contributed by atoms with van der Waals surface area (Å²) in [6.07, 6.45) is 2.49. The fraction of sp³-hybridized carbons (Fsp3) is 0.409. The largest absolute Gasteiger partial charge is 0.497 e. The molecule has 0 aliphatic carbocycles. The molecular formula is C22H26N4O4. The summed E-state index contributed by atoms with van der Waals surface area (Å²) < 4.78 is 16.7. The smallest absolute Gasteiger partial charge is 0.259 e. The highest BCUT2D eigenvalue weighted by atomic mass is 16.5. The molecule has 0 amide bonds. The first-order chi connectivity index (χ1) is 14.6. The van der Waals surface area contributed by atoms with Gasteiger partial charge in [0.1, 0.15) is 17.0 Å². The Morgan fingerprint density at radius 1 is 1.17 bits per heavy atom. The molecule has 1 aliphatic heterocycles. The summed E-state index contributed by atoms with van der Waals surface area (Å²) >= 11 is 0. The lowest BCUT2D eigenvalue weighted by Gasteiger charge is -2.38. The Hall–Kier alpha value is -2.81. The molecule has 0 spiro atoms. The number of benzene rings is 1. The van der Waals surface area contributed by atoms with Gasteiger partial charge in [-0.25, -0.2) is 0 Å². The van der Waals surface area contributed by atoms with Gasteiger partial charge in [-0.1, -0.05) is 23.4 Å². The average molecular weight is 410 g/mol. The third-order valence-electron chi connectivity index (χ3n) is 5.67. The van der Waals surface area contributed by atoms with Crippen LogP contribution < -0.4 is 4.74 Å². The van der Waals surface area contributed by atoms with E-state index in [1.165, 1.54) is 0 Å². The van der Waals surface area contributed by atoms with E-state index in [1.807, 2.05) is 42.5 Å². The summed E-state index contributed by atoms with van der Waals surface area (Å²) in [5.41, 5.74) is 0.879. The lowest BCUT2D eigenvalue weighted by atomic mass is 9.90. The van der Waals surface area contributed by atoms with E-state index < -0.39 is 11.7 Å². The van der Waals surface area contributed by atoms with Gasteiger partial charge in [-0.2, -0.15) is 4.98 Å². The Morgan fingerprint density at radius 3 is 2.70 bits per heavy atom. The third-order valence-corrected chi connectivity index (χ3v) is 5.67. The molecule has 1 saturated heterocycles. The number of pyridine rings is 1. The van der Waals surface area contributed by atoms with Crippen LogP contribution in [0.4, 0.5) is 0 Å². The quantitative estimate of drug-likeness (QED) is 0.636. The monoisotopic (exact) mass is 410 g/mol. The van der Waals surface area contributed by atoms with Crippen LogP contribution in [0.2, 0.25) is 0 Å². The van der Waals surface area contributed by atoms with Crippen molar-refractivity contribution in [2.24, 2.45) is 0 Å². The van der Waals surface area contributed by atoms with Crippen molar-refractivity contribution in [3.8, 4) is 17.3 Å². The molecule has 3 heterocycles. The molecule has 8 nitrogen and oxygen atoms in total. The highest BCUT2D eigenvalue weighted by molar-refractivity contribution is 5.47. The minimum Gasteiger partial charge on any atom is -0.497 e. The van der Waals surface area contributed by atoms with Gasteiger partial charge in [0.25, 0.3) is 5.89 Å². The first-order valence-electron chi connectivity index (χ1n) is 9.99. The second-order valence-electron chi connectivity index (χ2n) is 7.43. The molecule has 1 aliphatic rings. The van der Waals surface area contributed by atoms with Gasteiger partial charge in [-0.15, -0.1) is 0 Å². The first-order valence-corrected chi connectivity index (χ1v) is 9.99. The van der Waals surface area contributed by atoms with Crippen molar-refractivity contribution in [3.63, 3.8) is 0 Å². The van der Waals surface area contributed by atoms with Gasteiger partial charge in [-0.05, 0) is 42.7 Å². The van der Waals surface area contributed by atoms with Crippen LogP contribution in [0.1, 0.15) is 30.4 Å². The molecule has 1 unspecified atom stereocenters. The van der Waals surface area contributed by atoms with Gasteiger partial charge >= 0.3 is 0 Å². The molecule has 2 aromatic heterocycles. The Kier molecular flexibility index (Phi) is 6.08. The molecule has 3 aromatic rings. The maximum Gasteiger partial charge on any atom is 0.259 e. The number of hydrogen-bond donors (Lipinski definition) is 1. The second kappa shape index (κ2) is 8.91. The zero-order valence-electron chi connectivity index (χ0n) is 17.2. The number of nitrogens with zero attached hydrogens (tertiary/aromatic N) is 4. The molecule has 0 radical (unpaired) electrons. The summed E-state index contributed by atoms with van der Waals surface area (Å²) in [5.74, 6) is 1.67. The number of piperidine rings is 1. The van der Waals surface area contributed by atoms with Crippen LogP contribution in [0.5, 0.6) is 5.75 Å². The molecule has 1 fully saturated rings. The summed E-state index contributed by atoms with van der Waals surface area (Å²) in [4.78, 5) is 11.0. The van der Waals surface area contributed by atoms with E-state index in [0.29, 0.717) is 36.8 Å². The maximum absolute atomic E-state index is 10.7. The summed E-state index contributed by atoms with van der Waals surface area (Å²) in [5, 5.41) is 14.7. The van der Waals surface area contributed by atoms with Gasteiger partial charge in [-0.3, -0.25) is 4.98 Å². The Bertz CT molecular complexity index is 955. The predicted octanol–water partition coefficient (Wildman–Crippen LogP) is 2.81. The van der Waals surface area contributed by atoms with Crippen molar-refractivity contribution in [2.75, 3.05) is 33.9 Å². The topological polar surface area (TPSA) is 93.7 Å². The Balaban J connectivity index is 1.41. The van der Waals surface area contributed by atoms with Gasteiger partial charge in [0.2, 0.25) is 5.82 Å². The minimum absolute atomic E-state index is 0.456. The molecule has 4 rings (SSSR count). The number of rotatable bonds is 7. The van der Waals surface area contributed by atoms with Gasteiger partial charge < -0.3 is 24.0 Å². The van der Waals surface area contributed by atoms with E-state index in [9.17, 15) is 5.11 Å². The summed E-state index contributed by atoms with van der Waals surface area (Å²) in [7, 11) is 3.29. The molecule has 1 atom stereocenters. The van der Waals surface area contributed by atoms with Crippen molar-refractivity contribution in [3.05, 3.63) is 60.1 Å². The van der Waals surface area contributed by atoms with E-state index in [4.69, 9.17) is 14.0 Å². The highest BCUT2D eigenvalue weighted by Crippen LogP contribution is 2.36. The number of β-amino-alcohol motifs (C(OH)–C–C–N with tert-alkyl or cyclic N) is 1. The first kappa shape index (κ1) is 20.5. The van der Waals surface area contributed by atoms with E-state index in [1.54, 1.807) is 20.4 Å². The molecular weight excluding hydrogens is 384 g/mol. The molecule has 8 heteroatoms. The average Bonchev–Trinajstić information content (AvgIpc) is 3.31. The summed E-state index contributed by atoms with van der Waals surface area (Å²) in [6.45, 7) is 2.03. The van der Waals surface area contributed by atoms with Gasteiger partial charge in [0.15, 0.2) is 0 Å². The number of likely N-dealkylation sites (tertiary alicyclic amines) is 1. The third kappa shape index (κ3) is 4.21. The van der Waals surface area contributed by atoms with Crippen LogP contribution in [0.3, 0.4) is 0 Å². The van der Waals surface area contributed by atoms with Gasteiger partial charge in [0.05, 0.1) is 13.2 Å². The van der Waals surface area contributed by atoms with Crippen LogP contribution in [0, 0.1) is 0 Å².